The SMILES string of the molecule is Cc1ccc(S(=O)(=O)Nc2ccc(C(=O)N[C@H](c3ccccc3)c3ccccc3C)cc2C)cc1. The highest BCUT2D eigenvalue weighted by atomic mass is 32.2. The monoisotopic (exact) mass is 484 g/mol. The highest BCUT2D eigenvalue weighted by Crippen LogP contribution is 2.26. The van der Waals surface area contributed by atoms with Crippen LogP contribution in [0.3, 0.4) is 0 Å². The lowest BCUT2D eigenvalue weighted by Gasteiger charge is -2.22. The van der Waals surface area contributed by atoms with Crippen LogP contribution >= 0.6 is 0 Å². The van der Waals surface area contributed by atoms with Gasteiger partial charge in [0.05, 0.1) is 16.6 Å². The van der Waals surface area contributed by atoms with E-state index in [4.69, 9.17) is 0 Å². The average molecular weight is 485 g/mol. The molecule has 0 heterocycles. The van der Waals surface area contributed by atoms with Crippen molar-refractivity contribution < 1.29 is 13.2 Å². The number of nitrogens with one attached hydrogen (secondary N) is 2. The van der Waals surface area contributed by atoms with Crippen molar-refractivity contribution in [2.75, 3.05) is 4.72 Å². The fourth-order valence-electron chi connectivity index (χ4n) is 3.95. The summed E-state index contributed by atoms with van der Waals surface area (Å²) in [5, 5.41) is 3.16. The molecule has 4 aromatic carbocycles. The van der Waals surface area contributed by atoms with E-state index in [1.165, 1.54) is 0 Å². The van der Waals surface area contributed by atoms with Crippen LogP contribution in [0.25, 0.3) is 0 Å². The summed E-state index contributed by atoms with van der Waals surface area (Å²) in [5.74, 6) is -0.238. The van der Waals surface area contributed by atoms with E-state index in [0.29, 0.717) is 16.8 Å². The van der Waals surface area contributed by atoms with Crippen LogP contribution in [0, 0.1) is 20.8 Å². The minimum atomic E-state index is -3.73. The number of sulfonamides is 1. The van der Waals surface area contributed by atoms with Crippen LogP contribution in [0.15, 0.2) is 102 Å². The number of aryl methyl sites for hydroxylation is 3. The molecule has 0 unspecified atom stereocenters. The van der Waals surface area contributed by atoms with E-state index in [0.717, 1.165) is 22.3 Å². The van der Waals surface area contributed by atoms with Crippen LogP contribution in [-0.2, 0) is 10.0 Å². The molecule has 0 bridgehead atoms. The minimum absolute atomic E-state index is 0.188. The third-order valence-electron chi connectivity index (χ3n) is 5.97. The molecule has 1 amide bonds. The summed E-state index contributed by atoms with van der Waals surface area (Å²) >= 11 is 0. The Morgan fingerprint density at radius 3 is 2.06 bits per heavy atom. The standard InChI is InChI=1S/C29H28N2O3S/c1-20-13-16-25(17-14-20)35(33,34)31-27-18-15-24(19-22(27)3)29(32)30-28(23-10-5-4-6-11-23)26-12-8-7-9-21(26)2/h4-19,28,31H,1-3H3,(H,30,32)/t28-/m1/s1. The Morgan fingerprint density at radius 2 is 1.40 bits per heavy atom. The first-order valence-electron chi connectivity index (χ1n) is 11.4. The largest absolute Gasteiger partial charge is 0.341 e. The van der Waals surface area contributed by atoms with Crippen LogP contribution in [0.2, 0.25) is 0 Å². The summed E-state index contributed by atoms with van der Waals surface area (Å²) in [7, 11) is -3.73. The van der Waals surface area contributed by atoms with Crippen LogP contribution in [0.4, 0.5) is 5.69 Å². The second-order valence-corrected chi connectivity index (χ2v) is 10.3. The Balaban J connectivity index is 1.58. The van der Waals surface area contributed by atoms with Crippen LogP contribution in [0.5, 0.6) is 0 Å². The van der Waals surface area contributed by atoms with E-state index in [2.05, 4.69) is 10.0 Å². The van der Waals surface area contributed by atoms with E-state index in [1.807, 2.05) is 68.4 Å². The summed E-state index contributed by atoms with van der Waals surface area (Å²) in [6, 6.07) is 29.1. The van der Waals surface area contributed by atoms with Crippen molar-refractivity contribution in [1.82, 2.24) is 5.32 Å². The van der Waals surface area contributed by atoms with Gasteiger partial charge in [0.2, 0.25) is 0 Å². The normalized spacial score (nSPS) is 12.1. The van der Waals surface area contributed by atoms with Crippen molar-refractivity contribution in [3.8, 4) is 0 Å². The molecule has 0 aliphatic rings. The van der Waals surface area contributed by atoms with E-state index >= 15 is 0 Å². The number of rotatable bonds is 7. The first kappa shape index (κ1) is 24.2. The van der Waals surface area contributed by atoms with Gasteiger partial charge < -0.3 is 5.32 Å². The summed E-state index contributed by atoms with van der Waals surface area (Å²) in [5.41, 5.74) is 5.60. The first-order chi connectivity index (χ1) is 16.7. The molecule has 4 rings (SSSR count). The molecule has 2 N–H and O–H groups in total. The van der Waals surface area contributed by atoms with Crippen molar-refractivity contribution in [1.29, 1.82) is 0 Å². The molecule has 6 heteroatoms. The van der Waals surface area contributed by atoms with Crippen molar-refractivity contribution in [2.45, 2.75) is 31.7 Å². The van der Waals surface area contributed by atoms with Gasteiger partial charge in [0.25, 0.3) is 15.9 Å². The zero-order chi connectivity index (χ0) is 25.0. The maximum absolute atomic E-state index is 13.3. The van der Waals surface area contributed by atoms with E-state index in [-0.39, 0.29) is 16.8 Å². The highest BCUT2D eigenvalue weighted by Gasteiger charge is 2.20. The summed E-state index contributed by atoms with van der Waals surface area (Å²) in [6.45, 7) is 5.70. The quantitative estimate of drug-likeness (QED) is 0.341. The number of carbonyl (C=O) groups excluding carboxylic acids is 1. The molecule has 0 aliphatic carbocycles. The summed E-state index contributed by atoms with van der Waals surface area (Å²) < 4.78 is 28.2. The molecular formula is C29H28N2O3S. The zero-order valence-corrected chi connectivity index (χ0v) is 20.8. The molecule has 0 saturated carbocycles. The molecule has 5 nitrogen and oxygen atoms in total. The van der Waals surface area contributed by atoms with Gasteiger partial charge >= 0.3 is 0 Å². The zero-order valence-electron chi connectivity index (χ0n) is 19.9. The molecule has 0 aromatic heterocycles. The molecule has 4 aromatic rings. The third kappa shape index (κ3) is 5.61. The second kappa shape index (κ2) is 10.2. The molecule has 178 valence electrons. The van der Waals surface area contributed by atoms with Crippen LogP contribution in [-0.4, -0.2) is 14.3 Å². The molecule has 35 heavy (non-hydrogen) atoms. The smallest absolute Gasteiger partial charge is 0.261 e. The van der Waals surface area contributed by atoms with Gasteiger partial charge in [-0.15, -0.1) is 0 Å². The fraction of sp³-hybridized carbons (Fsp3) is 0.138. The van der Waals surface area contributed by atoms with Gasteiger partial charge in [0.1, 0.15) is 0 Å². The molecule has 0 fully saturated rings. The second-order valence-electron chi connectivity index (χ2n) is 8.62. The van der Waals surface area contributed by atoms with Crippen LogP contribution in [0.1, 0.15) is 44.2 Å². The summed E-state index contributed by atoms with van der Waals surface area (Å²) in [4.78, 5) is 13.5. The number of carbonyl (C=O) groups is 1. The number of benzene rings is 4. The van der Waals surface area contributed by atoms with Gasteiger partial charge in [-0.1, -0.05) is 72.3 Å². The Kier molecular flexibility index (Phi) is 7.03. The summed E-state index contributed by atoms with van der Waals surface area (Å²) in [6.07, 6.45) is 0. The van der Waals surface area contributed by atoms with Gasteiger partial charge in [0.15, 0.2) is 0 Å². The molecular weight excluding hydrogens is 456 g/mol. The molecule has 0 saturated heterocycles. The minimum Gasteiger partial charge on any atom is -0.341 e. The third-order valence-corrected chi connectivity index (χ3v) is 7.35. The Labute approximate surface area is 206 Å². The van der Waals surface area contributed by atoms with E-state index < -0.39 is 10.0 Å². The molecule has 0 radical (unpaired) electrons. The number of hydrogen-bond acceptors (Lipinski definition) is 3. The predicted octanol–water partition coefficient (Wildman–Crippen LogP) is 5.93. The van der Waals surface area contributed by atoms with Gasteiger partial charge in [-0.25, -0.2) is 8.42 Å². The van der Waals surface area contributed by atoms with E-state index in [1.54, 1.807) is 49.4 Å². The lowest BCUT2D eigenvalue weighted by atomic mass is 9.94. The number of amides is 1. The van der Waals surface area contributed by atoms with Crippen molar-refractivity contribution in [3.05, 3.63) is 130 Å². The number of anilines is 1. The van der Waals surface area contributed by atoms with Crippen molar-refractivity contribution in [2.24, 2.45) is 0 Å². The maximum atomic E-state index is 13.3. The van der Waals surface area contributed by atoms with Crippen molar-refractivity contribution >= 4 is 21.6 Å². The Hall–Kier alpha value is -3.90. The van der Waals surface area contributed by atoms with Crippen molar-refractivity contribution in [3.63, 3.8) is 0 Å². The van der Waals surface area contributed by atoms with Gasteiger partial charge in [0, 0.05) is 5.56 Å². The fourth-order valence-corrected chi connectivity index (χ4v) is 5.08. The molecule has 1 atom stereocenters. The lowest BCUT2D eigenvalue weighted by molar-refractivity contribution is 0.0943. The van der Waals surface area contributed by atoms with Gasteiger partial charge in [-0.2, -0.15) is 0 Å². The number of hydrogen-bond donors (Lipinski definition) is 2. The van der Waals surface area contributed by atoms with Crippen LogP contribution < -0.4 is 10.0 Å². The first-order valence-corrected chi connectivity index (χ1v) is 12.8. The highest BCUT2D eigenvalue weighted by molar-refractivity contribution is 7.92. The predicted molar refractivity (Wildman–Crippen MR) is 140 cm³/mol. The Bertz CT molecular complexity index is 1450. The van der Waals surface area contributed by atoms with Gasteiger partial charge in [-0.3, -0.25) is 9.52 Å². The lowest BCUT2D eigenvalue weighted by Crippen LogP contribution is -2.30. The Morgan fingerprint density at radius 1 is 0.743 bits per heavy atom. The maximum Gasteiger partial charge on any atom is 0.261 e. The topological polar surface area (TPSA) is 75.3 Å². The van der Waals surface area contributed by atoms with Gasteiger partial charge in [-0.05, 0) is 73.4 Å². The molecule has 0 spiro atoms. The average Bonchev–Trinajstić information content (AvgIpc) is 2.85. The van der Waals surface area contributed by atoms with E-state index in [9.17, 15) is 13.2 Å². The molecule has 0 aliphatic heterocycles.